The van der Waals surface area contributed by atoms with Crippen LogP contribution < -0.4 is 5.32 Å². The molecule has 26 heavy (non-hydrogen) atoms. The fourth-order valence-electron chi connectivity index (χ4n) is 3.03. The van der Waals surface area contributed by atoms with Crippen LogP contribution in [0.25, 0.3) is 0 Å². The summed E-state index contributed by atoms with van der Waals surface area (Å²) in [5.41, 5.74) is 0. The molecule has 0 aromatic heterocycles. The SMILES string of the molecule is CCCCCCCCCCCCCCCC(=O)OCCNC(=O)CCC. The van der Waals surface area contributed by atoms with Crippen molar-refractivity contribution in [3.05, 3.63) is 0 Å². The van der Waals surface area contributed by atoms with E-state index in [2.05, 4.69) is 12.2 Å². The van der Waals surface area contributed by atoms with Gasteiger partial charge in [0.1, 0.15) is 6.61 Å². The zero-order chi connectivity index (χ0) is 19.3. The first-order valence-electron chi connectivity index (χ1n) is 11.1. The number of unbranched alkanes of at least 4 members (excludes halogenated alkanes) is 12. The molecule has 0 spiro atoms. The third-order valence-corrected chi connectivity index (χ3v) is 4.65. The van der Waals surface area contributed by atoms with E-state index in [0.29, 0.717) is 19.4 Å². The first-order valence-corrected chi connectivity index (χ1v) is 11.1. The molecule has 0 rings (SSSR count). The summed E-state index contributed by atoms with van der Waals surface area (Å²) in [6.45, 7) is 4.93. The molecule has 0 unspecified atom stereocenters. The molecule has 0 aliphatic rings. The Bertz CT molecular complexity index is 331. The lowest BCUT2D eigenvalue weighted by Crippen LogP contribution is -2.27. The average Bonchev–Trinajstić information content (AvgIpc) is 2.63. The molecule has 0 bridgehead atoms. The molecule has 154 valence electrons. The van der Waals surface area contributed by atoms with E-state index < -0.39 is 0 Å². The van der Waals surface area contributed by atoms with Gasteiger partial charge < -0.3 is 10.1 Å². The minimum absolute atomic E-state index is 0.0278. The van der Waals surface area contributed by atoms with Crippen molar-refractivity contribution in [1.82, 2.24) is 5.32 Å². The minimum atomic E-state index is -0.141. The van der Waals surface area contributed by atoms with E-state index in [1.165, 1.54) is 70.6 Å². The molecule has 0 aromatic rings. The minimum Gasteiger partial charge on any atom is -0.464 e. The Morgan fingerprint density at radius 2 is 1.15 bits per heavy atom. The fourth-order valence-corrected chi connectivity index (χ4v) is 3.03. The number of hydrogen-bond acceptors (Lipinski definition) is 3. The van der Waals surface area contributed by atoms with Gasteiger partial charge in [-0.05, 0) is 12.8 Å². The van der Waals surface area contributed by atoms with Crippen molar-refractivity contribution in [2.24, 2.45) is 0 Å². The monoisotopic (exact) mass is 369 g/mol. The summed E-state index contributed by atoms with van der Waals surface area (Å²) in [4.78, 5) is 22.8. The van der Waals surface area contributed by atoms with Crippen molar-refractivity contribution in [3.63, 3.8) is 0 Å². The van der Waals surface area contributed by atoms with Gasteiger partial charge in [0.2, 0.25) is 5.91 Å². The zero-order valence-electron chi connectivity index (χ0n) is 17.5. The number of rotatable bonds is 19. The van der Waals surface area contributed by atoms with Crippen molar-refractivity contribution in [3.8, 4) is 0 Å². The Labute approximate surface area is 161 Å². The largest absolute Gasteiger partial charge is 0.464 e. The first-order chi connectivity index (χ1) is 12.7. The van der Waals surface area contributed by atoms with Crippen LogP contribution in [-0.4, -0.2) is 25.0 Å². The van der Waals surface area contributed by atoms with E-state index >= 15 is 0 Å². The van der Waals surface area contributed by atoms with Crippen molar-refractivity contribution in [2.75, 3.05) is 13.2 Å². The number of hydrogen-bond donors (Lipinski definition) is 1. The Hall–Kier alpha value is -1.06. The molecule has 4 heteroatoms. The van der Waals surface area contributed by atoms with Gasteiger partial charge in [-0.2, -0.15) is 0 Å². The maximum absolute atomic E-state index is 11.6. The molecule has 1 amide bonds. The molecule has 0 saturated carbocycles. The maximum Gasteiger partial charge on any atom is 0.305 e. The van der Waals surface area contributed by atoms with Crippen LogP contribution in [0.3, 0.4) is 0 Å². The highest BCUT2D eigenvalue weighted by Gasteiger charge is 2.03. The lowest BCUT2D eigenvalue weighted by atomic mass is 10.0. The molecule has 1 N–H and O–H groups in total. The summed E-state index contributed by atoms with van der Waals surface area (Å²) in [5, 5.41) is 2.74. The lowest BCUT2D eigenvalue weighted by molar-refractivity contribution is -0.144. The summed E-state index contributed by atoms with van der Waals surface area (Å²) in [5.74, 6) is -0.113. The van der Waals surface area contributed by atoms with Crippen LogP contribution in [0, 0.1) is 0 Å². The van der Waals surface area contributed by atoms with E-state index in [0.717, 1.165) is 19.3 Å². The summed E-state index contributed by atoms with van der Waals surface area (Å²) in [7, 11) is 0. The third kappa shape index (κ3) is 19.3. The Morgan fingerprint density at radius 3 is 1.65 bits per heavy atom. The summed E-state index contributed by atoms with van der Waals surface area (Å²) < 4.78 is 5.12. The highest BCUT2D eigenvalue weighted by Crippen LogP contribution is 2.13. The number of nitrogens with one attached hydrogen (secondary N) is 1. The van der Waals surface area contributed by atoms with Gasteiger partial charge in [-0.3, -0.25) is 9.59 Å². The van der Waals surface area contributed by atoms with E-state index in [4.69, 9.17) is 4.74 Å². The molecule has 0 fully saturated rings. The highest BCUT2D eigenvalue weighted by molar-refractivity contribution is 5.75. The smallest absolute Gasteiger partial charge is 0.305 e. The first kappa shape index (κ1) is 24.9. The predicted octanol–water partition coefficient (Wildman–Crippen LogP) is 5.93. The van der Waals surface area contributed by atoms with Crippen molar-refractivity contribution in [1.29, 1.82) is 0 Å². The van der Waals surface area contributed by atoms with Crippen LogP contribution in [0.4, 0.5) is 0 Å². The molecule has 0 saturated heterocycles. The summed E-state index contributed by atoms with van der Waals surface area (Å²) in [6, 6.07) is 0. The molecular formula is C22H43NO3. The standard InChI is InChI=1S/C22H43NO3/c1-3-5-6-7-8-9-10-11-12-13-14-15-16-18-22(25)26-20-19-23-21(24)17-4-2/h3-20H2,1-2H3,(H,23,24). The van der Waals surface area contributed by atoms with Gasteiger partial charge >= 0.3 is 5.97 Å². The second kappa shape index (κ2) is 20.3. The van der Waals surface area contributed by atoms with E-state index in [-0.39, 0.29) is 18.5 Å². The molecule has 0 radical (unpaired) electrons. The van der Waals surface area contributed by atoms with Crippen LogP contribution in [0.5, 0.6) is 0 Å². The average molecular weight is 370 g/mol. The Morgan fingerprint density at radius 1 is 0.654 bits per heavy atom. The van der Waals surface area contributed by atoms with Crippen molar-refractivity contribution < 1.29 is 14.3 Å². The van der Waals surface area contributed by atoms with Gasteiger partial charge in [0.15, 0.2) is 0 Å². The molecule has 0 heterocycles. The summed E-state index contributed by atoms with van der Waals surface area (Å²) >= 11 is 0. The van der Waals surface area contributed by atoms with Gasteiger partial charge in [0.25, 0.3) is 0 Å². The third-order valence-electron chi connectivity index (χ3n) is 4.65. The van der Waals surface area contributed by atoms with Crippen molar-refractivity contribution >= 4 is 11.9 Å². The van der Waals surface area contributed by atoms with E-state index in [1.54, 1.807) is 0 Å². The quantitative estimate of drug-likeness (QED) is 0.227. The van der Waals surface area contributed by atoms with Crippen LogP contribution in [0.2, 0.25) is 0 Å². The van der Waals surface area contributed by atoms with E-state index in [1.807, 2.05) is 6.92 Å². The van der Waals surface area contributed by atoms with Gasteiger partial charge in [-0.15, -0.1) is 0 Å². The van der Waals surface area contributed by atoms with Gasteiger partial charge in [-0.1, -0.05) is 90.9 Å². The number of carbonyl (C=O) groups excluding carboxylic acids is 2. The maximum atomic E-state index is 11.6. The number of amides is 1. The lowest BCUT2D eigenvalue weighted by Gasteiger charge is -2.06. The van der Waals surface area contributed by atoms with Crippen LogP contribution in [0.15, 0.2) is 0 Å². The van der Waals surface area contributed by atoms with Gasteiger partial charge in [-0.25, -0.2) is 0 Å². The van der Waals surface area contributed by atoms with Gasteiger partial charge in [0, 0.05) is 12.8 Å². The second-order valence-electron chi connectivity index (χ2n) is 7.31. The van der Waals surface area contributed by atoms with Crippen LogP contribution in [0.1, 0.15) is 117 Å². The Balaban J connectivity index is 3.20. The van der Waals surface area contributed by atoms with Crippen LogP contribution in [-0.2, 0) is 14.3 Å². The second-order valence-corrected chi connectivity index (χ2v) is 7.31. The topological polar surface area (TPSA) is 55.4 Å². The number of esters is 1. The molecular weight excluding hydrogens is 326 g/mol. The summed E-state index contributed by atoms with van der Waals surface area (Å²) in [6.07, 6.45) is 18.8. The molecule has 0 aliphatic heterocycles. The molecule has 0 aliphatic carbocycles. The molecule has 0 aromatic carbocycles. The van der Waals surface area contributed by atoms with Gasteiger partial charge in [0.05, 0.1) is 6.54 Å². The molecule has 4 nitrogen and oxygen atoms in total. The predicted molar refractivity (Wildman–Crippen MR) is 109 cm³/mol. The number of ether oxygens (including phenoxy) is 1. The molecule has 0 atom stereocenters. The van der Waals surface area contributed by atoms with Crippen molar-refractivity contribution in [2.45, 2.75) is 117 Å². The normalized spacial score (nSPS) is 10.7. The zero-order valence-corrected chi connectivity index (χ0v) is 17.5. The van der Waals surface area contributed by atoms with Crippen LogP contribution >= 0.6 is 0 Å². The van der Waals surface area contributed by atoms with E-state index in [9.17, 15) is 9.59 Å². The Kier molecular flexibility index (Phi) is 19.4. The number of carbonyl (C=O) groups is 2. The highest BCUT2D eigenvalue weighted by atomic mass is 16.5. The fraction of sp³-hybridized carbons (Fsp3) is 0.909.